The van der Waals surface area contributed by atoms with Gasteiger partial charge in [-0.15, -0.1) is 0 Å². The maximum Gasteiger partial charge on any atom is 0.300 e. The number of aliphatic hydroxyl groups excluding tert-OH is 1. The molecule has 3 aromatic rings. The summed E-state index contributed by atoms with van der Waals surface area (Å²) in [7, 11) is 6.78. The molecule has 8 heteroatoms. The van der Waals surface area contributed by atoms with E-state index in [2.05, 4.69) is 0 Å². The van der Waals surface area contributed by atoms with Crippen molar-refractivity contribution in [2.24, 2.45) is 0 Å². The van der Waals surface area contributed by atoms with Crippen LogP contribution in [0.5, 0.6) is 11.5 Å². The third-order valence-electron chi connectivity index (χ3n) is 5.57. The van der Waals surface area contributed by atoms with E-state index in [1.54, 1.807) is 42.5 Å². The number of hydrogen-bond donors (Lipinski definition) is 1. The molecule has 2 heterocycles. The summed E-state index contributed by atoms with van der Waals surface area (Å²) >= 11 is 0. The van der Waals surface area contributed by atoms with Crippen LogP contribution < -0.4 is 19.3 Å². The molecule has 1 aliphatic heterocycles. The number of amides is 1. The molecule has 170 valence electrons. The van der Waals surface area contributed by atoms with Crippen LogP contribution in [0.4, 0.5) is 11.4 Å². The predicted octanol–water partition coefficient (Wildman–Crippen LogP) is 3.99. The van der Waals surface area contributed by atoms with Gasteiger partial charge in [-0.25, -0.2) is 0 Å². The highest BCUT2D eigenvalue weighted by molar-refractivity contribution is 6.51. The van der Waals surface area contributed by atoms with E-state index >= 15 is 0 Å². The molecule has 1 aliphatic rings. The Morgan fingerprint density at radius 1 is 1.03 bits per heavy atom. The number of ether oxygens (including phenoxy) is 2. The number of aliphatic hydroxyl groups is 1. The highest BCUT2D eigenvalue weighted by Crippen LogP contribution is 2.44. The maximum absolute atomic E-state index is 13.2. The van der Waals surface area contributed by atoms with Gasteiger partial charge >= 0.3 is 0 Å². The van der Waals surface area contributed by atoms with Gasteiger partial charge in [0.1, 0.15) is 29.1 Å². The van der Waals surface area contributed by atoms with Gasteiger partial charge in [-0.3, -0.25) is 14.5 Å². The van der Waals surface area contributed by atoms with Gasteiger partial charge in [0, 0.05) is 31.5 Å². The first-order valence-corrected chi connectivity index (χ1v) is 10.2. The number of furan rings is 1. The van der Waals surface area contributed by atoms with Crippen LogP contribution in [0, 0.1) is 0 Å². The Hall–Kier alpha value is -4.20. The lowest BCUT2D eigenvalue weighted by Crippen LogP contribution is -2.29. The maximum atomic E-state index is 13.2. The minimum atomic E-state index is -0.947. The lowest BCUT2D eigenvalue weighted by Gasteiger charge is -2.24. The number of methoxy groups -OCH3 is 2. The Labute approximate surface area is 191 Å². The largest absolute Gasteiger partial charge is 0.507 e. The molecule has 1 aromatic heterocycles. The molecular formula is C25H24N2O6. The summed E-state index contributed by atoms with van der Waals surface area (Å²) in [6, 6.07) is 14.4. The highest BCUT2D eigenvalue weighted by atomic mass is 16.5. The molecule has 1 saturated heterocycles. The van der Waals surface area contributed by atoms with Gasteiger partial charge in [0.05, 0.1) is 31.6 Å². The second kappa shape index (κ2) is 8.74. The minimum absolute atomic E-state index is 0.0879. The van der Waals surface area contributed by atoms with Crippen LogP contribution in [0.25, 0.3) is 5.76 Å². The second-order valence-corrected chi connectivity index (χ2v) is 7.66. The van der Waals surface area contributed by atoms with Crippen molar-refractivity contribution in [3.8, 4) is 11.5 Å². The smallest absolute Gasteiger partial charge is 0.300 e. The quantitative estimate of drug-likeness (QED) is 0.346. The fraction of sp³-hybridized carbons (Fsp3) is 0.200. The number of Topliss-reactive ketones (excluding diaryl/α,β-unsaturated/α-hetero) is 1. The van der Waals surface area contributed by atoms with Crippen molar-refractivity contribution < 1.29 is 28.6 Å². The molecule has 0 radical (unpaired) electrons. The number of rotatable bonds is 6. The van der Waals surface area contributed by atoms with Crippen molar-refractivity contribution in [3.05, 3.63) is 77.8 Å². The number of nitrogens with zero attached hydrogens (tertiary/aromatic N) is 2. The summed E-state index contributed by atoms with van der Waals surface area (Å²) in [5.41, 5.74) is 1.61. The van der Waals surface area contributed by atoms with Crippen molar-refractivity contribution >= 4 is 28.8 Å². The number of carbonyl (C=O) groups is 2. The van der Waals surface area contributed by atoms with Crippen LogP contribution in [0.1, 0.15) is 17.4 Å². The fourth-order valence-corrected chi connectivity index (χ4v) is 3.87. The van der Waals surface area contributed by atoms with Crippen LogP contribution in [-0.4, -0.2) is 45.1 Å². The summed E-state index contributed by atoms with van der Waals surface area (Å²) in [6.45, 7) is 0. The Bertz CT molecular complexity index is 1210. The average molecular weight is 448 g/mol. The summed E-state index contributed by atoms with van der Waals surface area (Å²) in [5.74, 6) is -0.771. The van der Waals surface area contributed by atoms with Crippen molar-refractivity contribution in [2.45, 2.75) is 6.04 Å². The van der Waals surface area contributed by atoms with E-state index in [1.165, 1.54) is 25.4 Å². The third-order valence-corrected chi connectivity index (χ3v) is 5.57. The first kappa shape index (κ1) is 22.0. The van der Waals surface area contributed by atoms with E-state index in [-0.39, 0.29) is 16.9 Å². The average Bonchev–Trinajstić information content (AvgIpc) is 3.45. The van der Waals surface area contributed by atoms with Crippen molar-refractivity contribution in [1.82, 2.24) is 0 Å². The Morgan fingerprint density at radius 2 is 1.76 bits per heavy atom. The molecule has 2 aromatic carbocycles. The Balaban J connectivity index is 1.89. The molecule has 0 spiro atoms. The topological polar surface area (TPSA) is 92.5 Å². The fourth-order valence-electron chi connectivity index (χ4n) is 3.87. The molecular weight excluding hydrogens is 424 g/mol. The normalized spacial score (nSPS) is 17.3. The minimum Gasteiger partial charge on any atom is -0.507 e. The van der Waals surface area contributed by atoms with Gasteiger partial charge in [0.2, 0.25) is 0 Å². The second-order valence-electron chi connectivity index (χ2n) is 7.66. The van der Waals surface area contributed by atoms with Gasteiger partial charge in [0.15, 0.2) is 0 Å². The first-order valence-electron chi connectivity index (χ1n) is 10.2. The van der Waals surface area contributed by atoms with Gasteiger partial charge in [-0.05, 0) is 48.5 Å². The van der Waals surface area contributed by atoms with Gasteiger partial charge in [-0.1, -0.05) is 0 Å². The van der Waals surface area contributed by atoms with Crippen LogP contribution >= 0.6 is 0 Å². The SMILES string of the molecule is COc1ccc(/C(O)=C2/C(=O)C(=O)N(c3ccc(N(C)C)cc3)C2c2ccco2)c(OC)c1. The zero-order valence-electron chi connectivity index (χ0n) is 18.7. The van der Waals surface area contributed by atoms with Crippen molar-refractivity contribution in [1.29, 1.82) is 0 Å². The predicted molar refractivity (Wildman–Crippen MR) is 124 cm³/mol. The lowest BCUT2D eigenvalue weighted by molar-refractivity contribution is -0.132. The number of carbonyl (C=O) groups excluding carboxylic acids is 2. The summed E-state index contributed by atoms with van der Waals surface area (Å²) in [4.78, 5) is 29.6. The van der Waals surface area contributed by atoms with Gasteiger partial charge < -0.3 is 23.9 Å². The van der Waals surface area contributed by atoms with Crippen LogP contribution in [0.2, 0.25) is 0 Å². The Morgan fingerprint density at radius 3 is 2.33 bits per heavy atom. The molecule has 0 aliphatic carbocycles. The lowest BCUT2D eigenvalue weighted by atomic mass is 9.98. The van der Waals surface area contributed by atoms with E-state index in [0.717, 1.165) is 5.69 Å². The number of ketones is 1. The van der Waals surface area contributed by atoms with E-state index in [9.17, 15) is 14.7 Å². The molecule has 0 saturated carbocycles. The van der Waals surface area contributed by atoms with E-state index in [4.69, 9.17) is 13.9 Å². The van der Waals surface area contributed by atoms with Crippen LogP contribution in [0.15, 0.2) is 70.9 Å². The number of hydrogen-bond acceptors (Lipinski definition) is 7. The number of anilines is 2. The number of benzene rings is 2. The molecule has 33 heavy (non-hydrogen) atoms. The summed E-state index contributed by atoms with van der Waals surface area (Å²) in [6.07, 6.45) is 1.46. The summed E-state index contributed by atoms with van der Waals surface area (Å²) < 4.78 is 16.2. The van der Waals surface area contributed by atoms with Gasteiger partial charge in [-0.2, -0.15) is 0 Å². The molecule has 0 bridgehead atoms. The molecule has 1 atom stereocenters. The van der Waals surface area contributed by atoms with Crippen LogP contribution in [-0.2, 0) is 9.59 Å². The molecule has 1 unspecified atom stereocenters. The van der Waals surface area contributed by atoms with Crippen molar-refractivity contribution in [3.63, 3.8) is 0 Å². The van der Waals surface area contributed by atoms with Crippen molar-refractivity contribution in [2.75, 3.05) is 38.1 Å². The molecule has 1 fully saturated rings. The first-order chi connectivity index (χ1) is 15.9. The zero-order chi connectivity index (χ0) is 23.7. The van der Waals surface area contributed by atoms with E-state index < -0.39 is 17.7 Å². The standard InChI is InChI=1S/C25H24N2O6/c1-26(2)15-7-9-16(10-8-15)27-22(19-6-5-13-33-19)21(24(29)25(27)30)23(28)18-12-11-17(31-3)14-20(18)32-4/h5-14,22,28H,1-4H3/b23-21-. The zero-order valence-corrected chi connectivity index (χ0v) is 18.7. The van der Waals surface area contributed by atoms with Crippen LogP contribution in [0.3, 0.4) is 0 Å². The molecule has 1 amide bonds. The summed E-state index contributed by atoms with van der Waals surface area (Å²) in [5, 5.41) is 11.2. The monoisotopic (exact) mass is 448 g/mol. The molecule has 1 N–H and O–H groups in total. The van der Waals surface area contributed by atoms with E-state index in [0.29, 0.717) is 22.9 Å². The Kier molecular flexibility index (Phi) is 5.83. The molecule has 4 rings (SSSR count). The van der Waals surface area contributed by atoms with E-state index in [1.807, 2.05) is 31.1 Å². The third kappa shape index (κ3) is 3.80. The highest BCUT2D eigenvalue weighted by Gasteiger charge is 2.48. The van der Waals surface area contributed by atoms with Gasteiger partial charge in [0.25, 0.3) is 11.7 Å². The molecule has 8 nitrogen and oxygen atoms in total.